The summed E-state index contributed by atoms with van der Waals surface area (Å²) in [6, 6.07) is 2.63. The van der Waals surface area contributed by atoms with E-state index >= 15 is 0 Å². The van der Waals surface area contributed by atoms with Crippen LogP contribution in [0.15, 0.2) is 0 Å². The predicted octanol–water partition coefficient (Wildman–Crippen LogP) is 3.65. The molecule has 0 bridgehead atoms. The Morgan fingerprint density at radius 3 is 2.15 bits per heavy atom. The number of hydrogen-bond donors (Lipinski definition) is 0. The second kappa shape index (κ2) is 3.70. The summed E-state index contributed by atoms with van der Waals surface area (Å²) in [7, 11) is 0. The fourth-order valence-corrected chi connectivity index (χ4v) is 2.64. The molecular formula is C12H19N. The summed E-state index contributed by atoms with van der Waals surface area (Å²) in [5.74, 6) is 0.915. The van der Waals surface area contributed by atoms with E-state index in [4.69, 9.17) is 0 Å². The zero-order valence-corrected chi connectivity index (χ0v) is 8.39. The van der Waals surface area contributed by atoms with Crippen molar-refractivity contribution in [1.29, 1.82) is 5.26 Å². The third-order valence-corrected chi connectivity index (χ3v) is 3.67. The Morgan fingerprint density at radius 2 is 1.69 bits per heavy atom. The van der Waals surface area contributed by atoms with E-state index in [1.165, 1.54) is 57.8 Å². The highest BCUT2D eigenvalue weighted by Crippen LogP contribution is 2.46. The van der Waals surface area contributed by atoms with Gasteiger partial charge in [-0.1, -0.05) is 38.5 Å². The summed E-state index contributed by atoms with van der Waals surface area (Å²) in [4.78, 5) is 0. The van der Waals surface area contributed by atoms with Crippen molar-refractivity contribution in [1.82, 2.24) is 0 Å². The van der Waals surface area contributed by atoms with Crippen molar-refractivity contribution in [3.05, 3.63) is 0 Å². The molecule has 2 aliphatic carbocycles. The summed E-state index contributed by atoms with van der Waals surface area (Å²) in [5, 5.41) is 9.29. The van der Waals surface area contributed by atoms with Gasteiger partial charge in [0.15, 0.2) is 0 Å². The molecule has 72 valence electrons. The summed E-state index contributed by atoms with van der Waals surface area (Å²) in [5.41, 5.74) is 0.0949. The van der Waals surface area contributed by atoms with Crippen molar-refractivity contribution in [2.24, 2.45) is 11.3 Å². The first-order chi connectivity index (χ1) is 6.35. The molecule has 0 spiro atoms. The Kier molecular flexibility index (Phi) is 2.58. The maximum absolute atomic E-state index is 9.29. The molecule has 0 aromatic carbocycles. The molecule has 0 aromatic rings. The molecule has 0 radical (unpaired) electrons. The first-order valence-corrected chi connectivity index (χ1v) is 5.76. The SMILES string of the molecule is N#CC1(CC2CC2)CCCCCC1. The Hall–Kier alpha value is -0.510. The van der Waals surface area contributed by atoms with Crippen LogP contribution in [0.3, 0.4) is 0 Å². The van der Waals surface area contributed by atoms with E-state index in [0.29, 0.717) is 0 Å². The molecule has 2 fully saturated rings. The molecule has 2 aliphatic rings. The minimum Gasteiger partial charge on any atom is -0.198 e. The zero-order chi connectivity index (χ0) is 9.15. The van der Waals surface area contributed by atoms with Gasteiger partial charge in [0, 0.05) is 0 Å². The van der Waals surface area contributed by atoms with Gasteiger partial charge in [0.25, 0.3) is 0 Å². The van der Waals surface area contributed by atoms with Crippen LogP contribution in [-0.2, 0) is 0 Å². The molecule has 2 rings (SSSR count). The van der Waals surface area contributed by atoms with E-state index < -0.39 is 0 Å². The smallest absolute Gasteiger partial charge is 0.0689 e. The zero-order valence-electron chi connectivity index (χ0n) is 8.39. The van der Waals surface area contributed by atoms with Crippen molar-refractivity contribution < 1.29 is 0 Å². The molecule has 0 aliphatic heterocycles. The monoisotopic (exact) mass is 177 g/mol. The lowest BCUT2D eigenvalue weighted by atomic mass is 9.77. The Labute approximate surface area is 81.1 Å². The first-order valence-electron chi connectivity index (χ1n) is 5.76. The van der Waals surface area contributed by atoms with Crippen LogP contribution >= 0.6 is 0 Å². The Bertz CT molecular complexity index is 202. The molecule has 0 unspecified atom stereocenters. The average molecular weight is 177 g/mol. The van der Waals surface area contributed by atoms with Crippen molar-refractivity contribution in [3.8, 4) is 6.07 Å². The van der Waals surface area contributed by atoms with E-state index in [-0.39, 0.29) is 5.41 Å². The fraction of sp³-hybridized carbons (Fsp3) is 0.917. The molecule has 13 heavy (non-hydrogen) atoms. The second-order valence-electron chi connectivity index (χ2n) is 4.95. The lowest BCUT2D eigenvalue weighted by Crippen LogP contribution is -2.18. The van der Waals surface area contributed by atoms with E-state index in [2.05, 4.69) is 6.07 Å². The average Bonchev–Trinajstić information content (AvgIpc) is 2.94. The van der Waals surface area contributed by atoms with Gasteiger partial charge in [-0.25, -0.2) is 0 Å². The molecule has 0 amide bonds. The van der Waals surface area contributed by atoms with Crippen LogP contribution in [0.1, 0.15) is 57.8 Å². The van der Waals surface area contributed by atoms with Crippen LogP contribution in [-0.4, -0.2) is 0 Å². The van der Waals surface area contributed by atoms with Gasteiger partial charge < -0.3 is 0 Å². The molecule has 0 N–H and O–H groups in total. The number of nitrogens with zero attached hydrogens (tertiary/aromatic N) is 1. The van der Waals surface area contributed by atoms with Crippen LogP contribution in [0.25, 0.3) is 0 Å². The van der Waals surface area contributed by atoms with Crippen LogP contribution < -0.4 is 0 Å². The molecule has 0 atom stereocenters. The van der Waals surface area contributed by atoms with Crippen molar-refractivity contribution in [3.63, 3.8) is 0 Å². The molecule has 1 nitrogen and oxygen atoms in total. The maximum Gasteiger partial charge on any atom is 0.0689 e. The molecule has 0 heterocycles. The minimum absolute atomic E-state index is 0.0949. The summed E-state index contributed by atoms with van der Waals surface area (Å²) < 4.78 is 0. The summed E-state index contributed by atoms with van der Waals surface area (Å²) >= 11 is 0. The topological polar surface area (TPSA) is 23.8 Å². The van der Waals surface area contributed by atoms with Gasteiger partial charge >= 0.3 is 0 Å². The third-order valence-electron chi connectivity index (χ3n) is 3.67. The molecule has 0 aromatic heterocycles. The first kappa shape index (κ1) is 9.06. The minimum atomic E-state index is 0.0949. The highest BCUT2D eigenvalue weighted by Gasteiger charge is 2.37. The quantitative estimate of drug-likeness (QED) is 0.591. The van der Waals surface area contributed by atoms with E-state index in [9.17, 15) is 5.26 Å². The van der Waals surface area contributed by atoms with E-state index in [1.807, 2.05) is 0 Å². The number of rotatable bonds is 2. The molecular weight excluding hydrogens is 158 g/mol. The van der Waals surface area contributed by atoms with Crippen LogP contribution in [0.2, 0.25) is 0 Å². The standard InChI is InChI=1S/C12H19N/c13-10-12(9-11-5-6-11)7-3-1-2-4-8-12/h11H,1-9H2. The lowest BCUT2D eigenvalue weighted by Gasteiger charge is -2.24. The summed E-state index contributed by atoms with van der Waals surface area (Å²) in [6.07, 6.45) is 11.7. The molecule has 0 saturated heterocycles. The highest BCUT2D eigenvalue weighted by molar-refractivity contribution is 5.02. The number of hydrogen-bond acceptors (Lipinski definition) is 1. The predicted molar refractivity (Wildman–Crippen MR) is 53.1 cm³/mol. The van der Waals surface area contributed by atoms with Crippen molar-refractivity contribution in [2.45, 2.75) is 57.8 Å². The largest absolute Gasteiger partial charge is 0.198 e. The third kappa shape index (κ3) is 2.24. The van der Waals surface area contributed by atoms with E-state index in [0.717, 1.165) is 5.92 Å². The van der Waals surface area contributed by atoms with Gasteiger partial charge in [-0.05, 0) is 25.2 Å². The van der Waals surface area contributed by atoms with Gasteiger partial charge in [-0.15, -0.1) is 0 Å². The van der Waals surface area contributed by atoms with Gasteiger partial charge in [-0.2, -0.15) is 5.26 Å². The maximum atomic E-state index is 9.29. The van der Waals surface area contributed by atoms with Crippen LogP contribution in [0, 0.1) is 22.7 Å². The normalized spacial score (nSPS) is 27.6. The van der Waals surface area contributed by atoms with E-state index in [1.54, 1.807) is 0 Å². The number of nitriles is 1. The van der Waals surface area contributed by atoms with Gasteiger partial charge in [0.2, 0.25) is 0 Å². The fourth-order valence-electron chi connectivity index (χ4n) is 2.64. The lowest BCUT2D eigenvalue weighted by molar-refractivity contribution is 0.298. The molecule has 1 heteroatoms. The van der Waals surface area contributed by atoms with Crippen molar-refractivity contribution >= 4 is 0 Å². The summed E-state index contributed by atoms with van der Waals surface area (Å²) in [6.45, 7) is 0. The van der Waals surface area contributed by atoms with Gasteiger partial charge in [0.1, 0.15) is 0 Å². The van der Waals surface area contributed by atoms with Crippen molar-refractivity contribution in [2.75, 3.05) is 0 Å². The highest BCUT2D eigenvalue weighted by atomic mass is 14.4. The van der Waals surface area contributed by atoms with Crippen LogP contribution in [0.4, 0.5) is 0 Å². The Morgan fingerprint density at radius 1 is 1.08 bits per heavy atom. The second-order valence-corrected chi connectivity index (χ2v) is 4.95. The Balaban J connectivity index is 1.98. The molecule has 2 saturated carbocycles. The van der Waals surface area contributed by atoms with Crippen LogP contribution in [0.5, 0.6) is 0 Å². The van der Waals surface area contributed by atoms with Gasteiger partial charge in [0.05, 0.1) is 11.5 Å². The van der Waals surface area contributed by atoms with Gasteiger partial charge in [-0.3, -0.25) is 0 Å².